The van der Waals surface area contributed by atoms with Gasteiger partial charge in [-0.3, -0.25) is 0 Å². The molecule has 25 heavy (non-hydrogen) atoms. The Morgan fingerprint density at radius 3 is 2.76 bits per heavy atom. The first-order valence-corrected chi connectivity index (χ1v) is 9.61. The zero-order chi connectivity index (χ0) is 17.6. The molecule has 2 nitrogen and oxygen atoms in total. The van der Waals surface area contributed by atoms with E-state index in [0.29, 0.717) is 6.54 Å². The topological polar surface area (TPSA) is 15.3 Å². The number of anilines is 2. The van der Waals surface area contributed by atoms with Crippen LogP contribution < -0.4 is 10.2 Å². The van der Waals surface area contributed by atoms with E-state index in [-0.39, 0.29) is 5.82 Å². The van der Waals surface area contributed by atoms with Crippen LogP contribution in [-0.2, 0) is 19.4 Å². The SMILES string of the molecule is CCCc1ccc(CNc2cccc3c2N(CCC)CCC3)cc1F. The smallest absolute Gasteiger partial charge is 0.126 e. The molecule has 0 saturated carbocycles. The minimum absolute atomic E-state index is 0.0798. The van der Waals surface area contributed by atoms with Gasteiger partial charge in [0.05, 0.1) is 11.4 Å². The van der Waals surface area contributed by atoms with Crippen molar-refractivity contribution in [2.45, 2.75) is 52.5 Å². The molecule has 3 heteroatoms. The second kappa shape index (κ2) is 8.37. The van der Waals surface area contributed by atoms with Gasteiger partial charge < -0.3 is 10.2 Å². The Hall–Kier alpha value is -2.03. The lowest BCUT2D eigenvalue weighted by molar-refractivity contribution is 0.605. The predicted molar refractivity (Wildman–Crippen MR) is 105 cm³/mol. The normalized spacial score (nSPS) is 13.6. The van der Waals surface area contributed by atoms with Crippen molar-refractivity contribution >= 4 is 11.4 Å². The maximum Gasteiger partial charge on any atom is 0.126 e. The van der Waals surface area contributed by atoms with E-state index in [1.165, 1.54) is 23.4 Å². The van der Waals surface area contributed by atoms with Crippen LogP contribution in [0, 0.1) is 5.82 Å². The molecule has 1 aliphatic rings. The van der Waals surface area contributed by atoms with Crippen molar-refractivity contribution in [3.05, 3.63) is 58.9 Å². The third-order valence-electron chi connectivity index (χ3n) is 4.92. The van der Waals surface area contributed by atoms with E-state index in [2.05, 4.69) is 42.3 Å². The van der Waals surface area contributed by atoms with Gasteiger partial charge in [0, 0.05) is 19.6 Å². The Balaban J connectivity index is 1.76. The predicted octanol–water partition coefficient (Wildman–Crippen LogP) is 5.55. The van der Waals surface area contributed by atoms with Crippen molar-refractivity contribution in [3.8, 4) is 0 Å². The summed E-state index contributed by atoms with van der Waals surface area (Å²) in [5.74, 6) is -0.0798. The lowest BCUT2D eigenvalue weighted by Crippen LogP contribution is -2.30. The van der Waals surface area contributed by atoms with Crippen LogP contribution in [-0.4, -0.2) is 13.1 Å². The summed E-state index contributed by atoms with van der Waals surface area (Å²) in [5.41, 5.74) is 5.75. The molecule has 0 spiro atoms. The fourth-order valence-corrected chi connectivity index (χ4v) is 3.74. The van der Waals surface area contributed by atoms with Crippen molar-refractivity contribution in [2.24, 2.45) is 0 Å². The van der Waals surface area contributed by atoms with Crippen molar-refractivity contribution < 1.29 is 4.39 Å². The zero-order valence-electron chi connectivity index (χ0n) is 15.4. The van der Waals surface area contributed by atoms with E-state index < -0.39 is 0 Å². The molecule has 0 saturated heterocycles. The van der Waals surface area contributed by atoms with Gasteiger partial charge in [-0.25, -0.2) is 4.39 Å². The Labute approximate surface area is 151 Å². The Bertz CT molecular complexity index is 711. The average Bonchev–Trinajstić information content (AvgIpc) is 2.62. The number of nitrogens with zero attached hydrogens (tertiary/aromatic N) is 1. The minimum Gasteiger partial charge on any atom is -0.379 e. The highest BCUT2D eigenvalue weighted by molar-refractivity contribution is 5.74. The van der Waals surface area contributed by atoms with Crippen molar-refractivity contribution in [1.82, 2.24) is 0 Å². The highest BCUT2D eigenvalue weighted by Crippen LogP contribution is 2.35. The third kappa shape index (κ3) is 4.15. The number of nitrogens with one attached hydrogen (secondary N) is 1. The van der Waals surface area contributed by atoms with Crippen LogP contribution in [0.15, 0.2) is 36.4 Å². The van der Waals surface area contributed by atoms with Gasteiger partial charge in [-0.15, -0.1) is 0 Å². The highest BCUT2D eigenvalue weighted by atomic mass is 19.1. The number of rotatable bonds is 7. The van der Waals surface area contributed by atoms with E-state index in [1.54, 1.807) is 6.07 Å². The summed E-state index contributed by atoms with van der Waals surface area (Å²) in [6.07, 6.45) is 5.29. The summed E-state index contributed by atoms with van der Waals surface area (Å²) in [5, 5.41) is 3.55. The Kier molecular flexibility index (Phi) is 5.95. The van der Waals surface area contributed by atoms with Gasteiger partial charge in [0.15, 0.2) is 0 Å². The lowest BCUT2D eigenvalue weighted by atomic mass is 10.00. The van der Waals surface area contributed by atoms with Crippen LogP contribution in [0.25, 0.3) is 0 Å². The third-order valence-corrected chi connectivity index (χ3v) is 4.92. The molecular weight excluding hydrogens is 311 g/mol. The first-order chi connectivity index (χ1) is 12.2. The van der Waals surface area contributed by atoms with Gasteiger partial charge in [0.1, 0.15) is 5.82 Å². The van der Waals surface area contributed by atoms with Crippen LogP contribution in [0.2, 0.25) is 0 Å². The molecule has 3 rings (SSSR count). The molecular formula is C22H29FN2. The summed E-state index contributed by atoms with van der Waals surface area (Å²) in [6.45, 7) is 7.17. The number of halogens is 1. The van der Waals surface area contributed by atoms with E-state index in [0.717, 1.165) is 49.9 Å². The quantitative estimate of drug-likeness (QED) is 0.710. The fraction of sp³-hybridized carbons (Fsp3) is 0.455. The molecule has 134 valence electrons. The van der Waals surface area contributed by atoms with Crippen LogP contribution >= 0.6 is 0 Å². The van der Waals surface area contributed by atoms with Crippen LogP contribution in [0.5, 0.6) is 0 Å². The number of benzene rings is 2. The van der Waals surface area contributed by atoms with Gasteiger partial charge in [-0.05, 0) is 54.5 Å². The van der Waals surface area contributed by atoms with Gasteiger partial charge in [-0.1, -0.05) is 44.5 Å². The first-order valence-electron chi connectivity index (χ1n) is 9.61. The Morgan fingerprint density at radius 2 is 2.00 bits per heavy atom. The van der Waals surface area contributed by atoms with Crippen LogP contribution in [0.1, 0.15) is 49.8 Å². The van der Waals surface area contributed by atoms with Crippen molar-refractivity contribution in [2.75, 3.05) is 23.3 Å². The maximum absolute atomic E-state index is 14.2. The number of aryl methyl sites for hydroxylation is 2. The molecule has 0 fully saturated rings. The fourth-order valence-electron chi connectivity index (χ4n) is 3.74. The average molecular weight is 340 g/mol. The second-order valence-corrected chi connectivity index (χ2v) is 6.93. The number of hydrogen-bond acceptors (Lipinski definition) is 2. The molecule has 0 amide bonds. The Morgan fingerprint density at radius 1 is 1.12 bits per heavy atom. The number of fused-ring (bicyclic) bond motifs is 1. The van der Waals surface area contributed by atoms with Crippen LogP contribution in [0.4, 0.5) is 15.8 Å². The number of hydrogen-bond donors (Lipinski definition) is 1. The van der Waals surface area contributed by atoms with E-state index >= 15 is 0 Å². The van der Waals surface area contributed by atoms with Gasteiger partial charge in [0.2, 0.25) is 0 Å². The molecule has 0 atom stereocenters. The molecule has 0 aliphatic carbocycles. The molecule has 0 unspecified atom stereocenters. The molecule has 0 aromatic heterocycles. The number of para-hydroxylation sites is 1. The molecule has 2 aromatic rings. The van der Waals surface area contributed by atoms with Crippen molar-refractivity contribution in [1.29, 1.82) is 0 Å². The van der Waals surface area contributed by atoms with Crippen molar-refractivity contribution in [3.63, 3.8) is 0 Å². The van der Waals surface area contributed by atoms with Crippen LogP contribution in [0.3, 0.4) is 0 Å². The highest BCUT2D eigenvalue weighted by Gasteiger charge is 2.19. The summed E-state index contributed by atoms with van der Waals surface area (Å²) >= 11 is 0. The molecule has 1 heterocycles. The maximum atomic E-state index is 14.2. The van der Waals surface area contributed by atoms with E-state index in [9.17, 15) is 4.39 Å². The van der Waals surface area contributed by atoms with Gasteiger partial charge in [-0.2, -0.15) is 0 Å². The van der Waals surface area contributed by atoms with Gasteiger partial charge >= 0.3 is 0 Å². The van der Waals surface area contributed by atoms with E-state index in [4.69, 9.17) is 0 Å². The van der Waals surface area contributed by atoms with Gasteiger partial charge in [0.25, 0.3) is 0 Å². The summed E-state index contributed by atoms with van der Waals surface area (Å²) in [6, 6.07) is 12.2. The standard InChI is InChI=1S/C22H29FN2/c1-3-7-18-12-11-17(15-20(18)23)16-24-21-10-5-8-19-9-6-14-25(13-4-2)22(19)21/h5,8,10-12,15,24H,3-4,6-7,9,13-14,16H2,1-2H3. The largest absolute Gasteiger partial charge is 0.379 e. The molecule has 1 N–H and O–H groups in total. The lowest BCUT2D eigenvalue weighted by Gasteiger charge is -2.33. The molecule has 2 aromatic carbocycles. The summed E-state index contributed by atoms with van der Waals surface area (Å²) in [7, 11) is 0. The monoisotopic (exact) mass is 340 g/mol. The minimum atomic E-state index is -0.0798. The first kappa shape index (κ1) is 17.8. The summed E-state index contributed by atoms with van der Waals surface area (Å²) < 4.78 is 14.2. The van der Waals surface area contributed by atoms with E-state index in [1.807, 2.05) is 12.1 Å². The summed E-state index contributed by atoms with van der Waals surface area (Å²) in [4.78, 5) is 2.49. The molecule has 0 radical (unpaired) electrons. The molecule has 1 aliphatic heterocycles. The second-order valence-electron chi connectivity index (χ2n) is 6.93. The zero-order valence-corrected chi connectivity index (χ0v) is 15.4. The molecule has 0 bridgehead atoms.